The van der Waals surface area contributed by atoms with Crippen LogP contribution in [0.3, 0.4) is 0 Å². The van der Waals surface area contributed by atoms with Crippen molar-refractivity contribution in [3.8, 4) is 5.75 Å². The third kappa shape index (κ3) is 5.58. The molecule has 6 nitrogen and oxygen atoms in total. The molecule has 0 bridgehead atoms. The fourth-order valence-electron chi connectivity index (χ4n) is 2.01. The molecule has 0 saturated carbocycles. The van der Waals surface area contributed by atoms with E-state index < -0.39 is 16.0 Å². The molecule has 0 heterocycles. The number of esters is 1. The van der Waals surface area contributed by atoms with Gasteiger partial charge in [-0.2, -0.15) is 0 Å². The maximum atomic E-state index is 12.0. The molecule has 0 aromatic heterocycles. The van der Waals surface area contributed by atoms with Gasteiger partial charge in [0.25, 0.3) is 0 Å². The topological polar surface area (TPSA) is 81.7 Å². The van der Waals surface area contributed by atoms with Gasteiger partial charge in [0, 0.05) is 5.69 Å². The predicted molar refractivity (Wildman–Crippen MR) is 91.9 cm³/mol. The van der Waals surface area contributed by atoms with E-state index in [1.54, 1.807) is 18.2 Å². The third-order valence-electron chi connectivity index (χ3n) is 3.07. The van der Waals surface area contributed by atoms with Crippen LogP contribution in [0.5, 0.6) is 5.75 Å². The van der Waals surface area contributed by atoms with Crippen LogP contribution in [-0.4, -0.2) is 33.9 Å². The lowest BCUT2D eigenvalue weighted by molar-refractivity contribution is 0.0450. The molecule has 0 atom stereocenters. The summed E-state index contributed by atoms with van der Waals surface area (Å²) in [6, 6.07) is 13.7. The second-order valence-electron chi connectivity index (χ2n) is 5.20. The molecular weight excluding hydrogens is 330 g/mol. The van der Waals surface area contributed by atoms with Crippen molar-refractivity contribution in [1.82, 2.24) is 0 Å². The molecule has 0 unspecified atom stereocenters. The number of anilines is 1. The first kappa shape index (κ1) is 17.8. The Morgan fingerprint density at radius 3 is 2.54 bits per heavy atom. The third-order valence-corrected chi connectivity index (χ3v) is 3.68. The molecule has 128 valence electrons. The Balaban J connectivity index is 1.86. The van der Waals surface area contributed by atoms with Crippen LogP contribution in [0.2, 0.25) is 0 Å². The van der Waals surface area contributed by atoms with E-state index in [4.69, 9.17) is 9.47 Å². The molecule has 1 N–H and O–H groups in total. The van der Waals surface area contributed by atoms with Crippen LogP contribution in [-0.2, 0) is 14.8 Å². The van der Waals surface area contributed by atoms with Crippen LogP contribution >= 0.6 is 0 Å². The summed E-state index contributed by atoms with van der Waals surface area (Å²) in [5, 5.41) is 0. The minimum Gasteiger partial charge on any atom is -0.490 e. The number of hydrogen-bond donors (Lipinski definition) is 1. The minimum absolute atomic E-state index is 0.0941. The van der Waals surface area contributed by atoms with Crippen molar-refractivity contribution in [1.29, 1.82) is 0 Å². The molecule has 0 fully saturated rings. The summed E-state index contributed by atoms with van der Waals surface area (Å²) in [6.07, 6.45) is 1.04. The van der Waals surface area contributed by atoms with E-state index in [9.17, 15) is 13.2 Å². The summed E-state index contributed by atoms with van der Waals surface area (Å²) in [5.41, 5.74) is 1.58. The van der Waals surface area contributed by atoms with E-state index in [2.05, 4.69) is 4.72 Å². The molecule has 0 amide bonds. The fourth-order valence-corrected chi connectivity index (χ4v) is 2.57. The lowest BCUT2D eigenvalue weighted by atomic mass is 10.2. The summed E-state index contributed by atoms with van der Waals surface area (Å²) >= 11 is 0. The Bertz CT molecular complexity index is 817. The van der Waals surface area contributed by atoms with Crippen LogP contribution in [0.15, 0.2) is 48.5 Å². The van der Waals surface area contributed by atoms with E-state index >= 15 is 0 Å². The monoisotopic (exact) mass is 349 g/mol. The highest BCUT2D eigenvalue weighted by atomic mass is 32.2. The number of hydrogen-bond acceptors (Lipinski definition) is 5. The number of nitrogens with one attached hydrogen (secondary N) is 1. The van der Waals surface area contributed by atoms with Crippen molar-refractivity contribution in [3.05, 3.63) is 59.7 Å². The molecule has 0 aliphatic heterocycles. The Morgan fingerprint density at radius 2 is 1.83 bits per heavy atom. The number of rotatable bonds is 7. The van der Waals surface area contributed by atoms with Crippen molar-refractivity contribution < 1.29 is 22.7 Å². The molecule has 2 rings (SSSR count). The van der Waals surface area contributed by atoms with E-state index in [0.29, 0.717) is 5.69 Å². The standard InChI is InChI=1S/C17H19NO5S/c1-13-6-3-4-9-16(13)22-10-11-23-17(19)14-7-5-8-15(12-14)18-24(2,20)21/h3-9,12,18H,10-11H2,1-2H3. The van der Waals surface area contributed by atoms with Crippen LogP contribution in [0, 0.1) is 6.92 Å². The largest absolute Gasteiger partial charge is 0.490 e. The smallest absolute Gasteiger partial charge is 0.338 e. The van der Waals surface area contributed by atoms with Crippen molar-refractivity contribution in [2.45, 2.75) is 6.92 Å². The van der Waals surface area contributed by atoms with Gasteiger partial charge in [0.15, 0.2) is 0 Å². The highest BCUT2D eigenvalue weighted by Crippen LogP contribution is 2.16. The molecule has 0 radical (unpaired) electrons. The van der Waals surface area contributed by atoms with Crippen LogP contribution in [0.1, 0.15) is 15.9 Å². The maximum Gasteiger partial charge on any atom is 0.338 e. The minimum atomic E-state index is -3.40. The second-order valence-corrected chi connectivity index (χ2v) is 6.95. The van der Waals surface area contributed by atoms with E-state index in [1.807, 2.05) is 31.2 Å². The summed E-state index contributed by atoms with van der Waals surface area (Å²) in [4.78, 5) is 12.0. The first-order valence-corrected chi connectivity index (χ1v) is 9.18. The zero-order valence-corrected chi connectivity index (χ0v) is 14.3. The van der Waals surface area contributed by atoms with Gasteiger partial charge in [0.05, 0.1) is 11.8 Å². The van der Waals surface area contributed by atoms with Crippen LogP contribution < -0.4 is 9.46 Å². The average molecular weight is 349 g/mol. The summed E-state index contributed by atoms with van der Waals surface area (Å²) in [5.74, 6) is 0.202. The zero-order chi connectivity index (χ0) is 17.6. The lowest BCUT2D eigenvalue weighted by Crippen LogP contribution is -2.14. The van der Waals surface area contributed by atoms with Gasteiger partial charge in [-0.1, -0.05) is 24.3 Å². The van der Waals surface area contributed by atoms with Crippen LogP contribution in [0.25, 0.3) is 0 Å². The molecule has 7 heteroatoms. The number of ether oxygens (including phenoxy) is 2. The van der Waals surface area contributed by atoms with Gasteiger partial charge < -0.3 is 9.47 Å². The van der Waals surface area contributed by atoms with Gasteiger partial charge in [-0.3, -0.25) is 4.72 Å². The Labute approximate surface area is 141 Å². The van der Waals surface area contributed by atoms with Crippen LogP contribution in [0.4, 0.5) is 5.69 Å². The van der Waals surface area contributed by atoms with Gasteiger partial charge in [-0.25, -0.2) is 13.2 Å². The quantitative estimate of drug-likeness (QED) is 0.614. The number of sulfonamides is 1. The highest BCUT2D eigenvalue weighted by molar-refractivity contribution is 7.92. The van der Waals surface area contributed by atoms with E-state index in [1.165, 1.54) is 6.07 Å². The van der Waals surface area contributed by atoms with Gasteiger partial charge in [-0.15, -0.1) is 0 Å². The SMILES string of the molecule is Cc1ccccc1OCCOC(=O)c1cccc(NS(C)(=O)=O)c1. The van der Waals surface area contributed by atoms with Crippen molar-refractivity contribution >= 4 is 21.7 Å². The Kier molecular flexibility index (Phi) is 5.81. The number of aryl methyl sites for hydroxylation is 1. The molecule has 24 heavy (non-hydrogen) atoms. The number of carbonyl (C=O) groups is 1. The van der Waals surface area contributed by atoms with Crippen molar-refractivity contribution in [2.24, 2.45) is 0 Å². The predicted octanol–water partition coefficient (Wildman–Crippen LogP) is 2.60. The molecule has 2 aromatic rings. The van der Waals surface area contributed by atoms with Gasteiger partial charge >= 0.3 is 5.97 Å². The van der Waals surface area contributed by atoms with Crippen molar-refractivity contribution in [3.63, 3.8) is 0 Å². The normalized spacial score (nSPS) is 10.9. The number of carbonyl (C=O) groups excluding carboxylic acids is 1. The summed E-state index contributed by atoms with van der Waals surface area (Å²) in [7, 11) is -3.40. The molecule has 0 aliphatic rings. The Morgan fingerprint density at radius 1 is 1.08 bits per heavy atom. The number of para-hydroxylation sites is 1. The van der Waals surface area contributed by atoms with Gasteiger partial charge in [0.2, 0.25) is 10.0 Å². The average Bonchev–Trinajstić information content (AvgIpc) is 2.51. The van der Waals surface area contributed by atoms with E-state index in [-0.39, 0.29) is 18.8 Å². The van der Waals surface area contributed by atoms with Gasteiger partial charge in [0.1, 0.15) is 19.0 Å². The summed E-state index contributed by atoms with van der Waals surface area (Å²) < 4.78 is 35.4. The lowest BCUT2D eigenvalue weighted by Gasteiger charge is -2.10. The highest BCUT2D eigenvalue weighted by Gasteiger charge is 2.09. The molecule has 0 saturated heterocycles. The Hall–Kier alpha value is -2.54. The first-order valence-electron chi connectivity index (χ1n) is 7.28. The maximum absolute atomic E-state index is 12.0. The van der Waals surface area contributed by atoms with Gasteiger partial charge in [-0.05, 0) is 36.8 Å². The summed E-state index contributed by atoms with van der Waals surface area (Å²) in [6.45, 7) is 2.26. The second kappa shape index (κ2) is 7.83. The number of benzene rings is 2. The first-order chi connectivity index (χ1) is 11.3. The molecular formula is C17H19NO5S. The fraction of sp³-hybridized carbons (Fsp3) is 0.235. The zero-order valence-electron chi connectivity index (χ0n) is 13.5. The molecule has 0 spiro atoms. The van der Waals surface area contributed by atoms with E-state index in [0.717, 1.165) is 17.6 Å². The van der Waals surface area contributed by atoms with Crippen molar-refractivity contribution in [2.75, 3.05) is 24.2 Å². The molecule has 2 aromatic carbocycles. The molecule has 0 aliphatic carbocycles.